The molecule has 0 spiro atoms. The molecule has 0 saturated carbocycles. The predicted molar refractivity (Wildman–Crippen MR) is 64.5 cm³/mol. The average Bonchev–Trinajstić information content (AvgIpc) is 2.15. The topological polar surface area (TPSA) is 75.5 Å². The molecule has 97 valence electrons. The molecule has 2 heterocycles. The maximum Gasteiger partial charge on any atom is 0.361 e. The Bertz CT molecular complexity index is 464. The number of anilines is 1. The van der Waals surface area contributed by atoms with Crippen LogP contribution in [0, 0.1) is 6.33 Å². The van der Waals surface area contributed by atoms with Crippen LogP contribution >= 0.6 is 0 Å². The summed E-state index contributed by atoms with van der Waals surface area (Å²) in [6.07, 6.45) is 3.43. The van der Waals surface area contributed by atoms with Crippen molar-refractivity contribution in [1.29, 1.82) is 0 Å². The van der Waals surface area contributed by atoms with Gasteiger partial charge in [0, 0.05) is 13.1 Å². The lowest BCUT2D eigenvalue weighted by Crippen LogP contribution is -2.38. The summed E-state index contributed by atoms with van der Waals surface area (Å²) >= 11 is 0. The maximum absolute atomic E-state index is 11.9. The summed E-state index contributed by atoms with van der Waals surface area (Å²) in [4.78, 5) is 21.3. The van der Waals surface area contributed by atoms with E-state index in [1.54, 1.807) is 20.8 Å². The zero-order valence-electron chi connectivity index (χ0n) is 10.7. The Morgan fingerprint density at radius 1 is 1.39 bits per heavy atom. The zero-order chi connectivity index (χ0) is 13.3. The van der Waals surface area contributed by atoms with E-state index < -0.39 is 11.6 Å². The fourth-order valence-corrected chi connectivity index (χ4v) is 1.55. The maximum atomic E-state index is 11.9. The molecule has 0 unspecified atom stereocenters. The van der Waals surface area contributed by atoms with Crippen LogP contribution in [0.2, 0.25) is 0 Å². The van der Waals surface area contributed by atoms with Crippen LogP contribution in [0.15, 0.2) is 0 Å². The number of carbonyl (C=O) groups excluding carboxylic acids is 1. The highest BCUT2D eigenvalue weighted by Gasteiger charge is 2.27. The van der Waals surface area contributed by atoms with Crippen molar-refractivity contribution in [2.24, 2.45) is 0 Å². The first-order valence-electron chi connectivity index (χ1n) is 5.84. The van der Waals surface area contributed by atoms with Crippen LogP contribution in [0.5, 0.6) is 5.75 Å². The van der Waals surface area contributed by atoms with Crippen molar-refractivity contribution in [3.63, 3.8) is 0 Å². The van der Waals surface area contributed by atoms with E-state index in [0.717, 1.165) is 19.5 Å². The van der Waals surface area contributed by atoms with Crippen LogP contribution in [-0.4, -0.2) is 39.7 Å². The van der Waals surface area contributed by atoms with Crippen molar-refractivity contribution in [3.05, 3.63) is 12.0 Å². The Morgan fingerprint density at radius 3 is 2.56 bits per heavy atom. The second-order valence-electron chi connectivity index (χ2n) is 5.19. The number of hydrogen-bond acceptors (Lipinski definition) is 6. The van der Waals surface area contributed by atoms with E-state index in [1.165, 1.54) is 0 Å². The highest BCUT2D eigenvalue weighted by atomic mass is 16.6. The van der Waals surface area contributed by atoms with Crippen molar-refractivity contribution >= 4 is 11.8 Å². The van der Waals surface area contributed by atoms with Gasteiger partial charge in [0.25, 0.3) is 0 Å². The molecule has 6 nitrogen and oxygen atoms in total. The zero-order valence-corrected chi connectivity index (χ0v) is 10.7. The summed E-state index contributed by atoms with van der Waals surface area (Å²) in [6.45, 7) is 6.88. The number of esters is 1. The van der Waals surface area contributed by atoms with Crippen LogP contribution < -0.4 is 4.90 Å². The van der Waals surface area contributed by atoms with Gasteiger partial charge in [-0.25, -0.2) is 14.8 Å². The molecule has 1 radical (unpaired) electrons. The lowest BCUT2D eigenvalue weighted by Gasteiger charge is -2.32. The summed E-state index contributed by atoms with van der Waals surface area (Å²) in [5.41, 5.74) is -0.771. The Morgan fingerprint density at radius 2 is 2.06 bits per heavy atom. The lowest BCUT2D eigenvalue weighted by molar-refractivity contribution is 0.00595. The fraction of sp³-hybridized carbons (Fsp3) is 0.583. The van der Waals surface area contributed by atoms with Gasteiger partial charge in [-0.3, -0.25) is 0 Å². The van der Waals surface area contributed by atoms with Crippen molar-refractivity contribution in [2.45, 2.75) is 32.8 Å². The molecule has 1 fully saturated rings. The third-order valence-corrected chi connectivity index (χ3v) is 2.50. The molecule has 1 saturated heterocycles. The second kappa shape index (κ2) is 4.44. The Kier molecular flexibility index (Phi) is 3.11. The average molecular weight is 250 g/mol. The van der Waals surface area contributed by atoms with Gasteiger partial charge in [-0.2, -0.15) is 0 Å². The van der Waals surface area contributed by atoms with Gasteiger partial charge in [0.05, 0.1) is 0 Å². The molecular formula is C12H16N3O3. The van der Waals surface area contributed by atoms with E-state index in [9.17, 15) is 9.90 Å². The standard InChI is InChI=1S/C12H16N3O3/c1-12(2,3)18-11(17)8-9(16)10(14-7-13-8)15-5-4-6-15/h16H,4-6H2,1-3H3. The van der Waals surface area contributed by atoms with E-state index in [2.05, 4.69) is 16.3 Å². The van der Waals surface area contributed by atoms with Crippen LogP contribution in [-0.2, 0) is 4.74 Å². The minimum atomic E-state index is -0.666. The number of aromatic hydroxyl groups is 1. The molecule has 1 aromatic rings. The normalized spacial score (nSPS) is 15.2. The molecule has 2 rings (SSSR count). The molecule has 1 aliphatic rings. The third kappa shape index (κ3) is 2.52. The van der Waals surface area contributed by atoms with Crippen LogP contribution in [0.4, 0.5) is 5.82 Å². The molecule has 0 bridgehead atoms. The summed E-state index contributed by atoms with van der Waals surface area (Å²) in [5.74, 6) is -0.555. The van der Waals surface area contributed by atoms with E-state index in [1.807, 2.05) is 4.90 Å². The molecule has 1 aliphatic heterocycles. The number of nitrogens with zero attached hydrogens (tertiary/aromatic N) is 3. The van der Waals surface area contributed by atoms with Gasteiger partial charge in [-0.1, -0.05) is 0 Å². The van der Waals surface area contributed by atoms with Gasteiger partial charge >= 0.3 is 5.97 Å². The predicted octanol–water partition coefficient (Wildman–Crippen LogP) is 1.15. The first kappa shape index (κ1) is 12.6. The lowest BCUT2D eigenvalue weighted by atomic mass is 10.2. The first-order valence-corrected chi connectivity index (χ1v) is 5.84. The molecule has 0 amide bonds. The van der Waals surface area contributed by atoms with Crippen LogP contribution in [0.3, 0.4) is 0 Å². The molecule has 0 aliphatic carbocycles. The Hall–Kier alpha value is -1.85. The van der Waals surface area contributed by atoms with Crippen molar-refractivity contribution in [3.8, 4) is 5.75 Å². The van der Waals surface area contributed by atoms with Crippen LogP contribution in [0.25, 0.3) is 0 Å². The van der Waals surface area contributed by atoms with E-state index >= 15 is 0 Å². The van der Waals surface area contributed by atoms with Crippen molar-refractivity contribution in [2.75, 3.05) is 18.0 Å². The van der Waals surface area contributed by atoms with Gasteiger partial charge in [0.15, 0.2) is 17.3 Å². The fourth-order valence-electron chi connectivity index (χ4n) is 1.55. The number of aromatic nitrogens is 2. The van der Waals surface area contributed by atoms with Crippen molar-refractivity contribution in [1.82, 2.24) is 9.97 Å². The highest BCUT2D eigenvalue weighted by Crippen LogP contribution is 2.30. The molecule has 18 heavy (non-hydrogen) atoms. The van der Waals surface area contributed by atoms with E-state index in [-0.39, 0.29) is 11.4 Å². The minimum absolute atomic E-state index is 0.137. The summed E-state index contributed by atoms with van der Waals surface area (Å²) < 4.78 is 5.16. The van der Waals surface area contributed by atoms with Gasteiger partial charge in [-0.05, 0) is 27.2 Å². The number of hydrogen-bond donors (Lipinski definition) is 1. The monoisotopic (exact) mass is 250 g/mol. The smallest absolute Gasteiger partial charge is 0.361 e. The third-order valence-electron chi connectivity index (χ3n) is 2.50. The SMILES string of the molecule is CC(C)(C)OC(=O)c1n[c]nc(N2CCC2)c1O. The molecule has 0 atom stereocenters. The van der Waals surface area contributed by atoms with Gasteiger partial charge in [0.1, 0.15) is 5.60 Å². The molecule has 0 aromatic carbocycles. The largest absolute Gasteiger partial charge is 0.503 e. The molecule has 6 heteroatoms. The minimum Gasteiger partial charge on any atom is -0.503 e. The van der Waals surface area contributed by atoms with E-state index in [0.29, 0.717) is 5.82 Å². The summed E-state index contributed by atoms with van der Waals surface area (Å²) in [7, 11) is 0. The van der Waals surface area contributed by atoms with Gasteiger partial charge in [0.2, 0.25) is 6.33 Å². The Labute approximate surface area is 106 Å². The second-order valence-corrected chi connectivity index (χ2v) is 5.19. The summed E-state index contributed by atoms with van der Waals surface area (Å²) in [5, 5.41) is 10.0. The van der Waals surface area contributed by atoms with Gasteiger partial charge < -0.3 is 14.7 Å². The quantitative estimate of drug-likeness (QED) is 0.793. The highest BCUT2D eigenvalue weighted by molar-refractivity contribution is 5.92. The molecular weight excluding hydrogens is 234 g/mol. The molecule has 1 aromatic heterocycles. The van der Waals surface area contributed by atoms with E-state index in [4.69, 9.17) is 4.74 Å². The Balaban J connectivity index is 2.25. The number of rotatable bonds is 2. The van der Waals surface area contributed by atoms with Crippen molar-refractivity contribution < 1.29 is 14.6 Å². The summed E-state index contributed by atoms with van der Waals surface area (Å²) in [6, 6.07) is 0. The number of ether oxygens (including phenoxy) is 1. The van der Waals surface area contributed by atoms with Crippen LogP contribution in [0.1, 0.15) is 37.7 Å². The first-order chi connectivity index (χ1) is 8.38. The van der Waals surface area contributed by atoms with Gasteiger partial charge in [-0.15, -0.1) is 0 Å². The molecule has 1 N–H and O–H groups in total. The number of carbonyl (C=O) groups is 1.